The third-order valence-corrected chi connectivity index (χ3v) is 4.36. The molecule has 1 fully saturated rings. The largest absolute Gasteiger partial charge is 0.466 e. The van der Waals surface area contributed by atoms with Gasteiger partial charge in [0.25, 0.3) is 0 Å². The molecule has 0 unspecified atom stereocenters. The van der Waals surface area contributed by atoms with Gasteiger partial charge in [-0.25, -0.2) is 4.79 Å². The van der Waals surface area contributed by atoms with E-state index in [1.807, 2.05) is 0 Å². The van der Waals surface area contributed by atoms with Crippen LogP contribution in [0.5, 0.6) is 0 Å². The Balaban J connectivity index is 2.96. The first-order valence-corrected chi connectivity index (χ1v) is 5.05. The lowest BCUT2D eigenvalue weighted by Crippen LogP contribution is -2.52. The molecule has 1 aliphatic carbocycles. The van der Waals surface area contributed by atoms with Crippen LogP contribution in [0.25, 0.3) is 0 Å². The molecule has 0 bridgehead atoms. The fourth-order valence-electron chi connectivity index (χ4n) is 2.26. The molecule has 0 radical (unpaired) electrons. The van der Waals surface area contributed by atoms with E-state index in [2.05, 4.69) is 39.4 Å². The van der Waals surface area contributed by atoms with Gasteiger partial charge in [-0.3, -0.25) is 0 Å². The SMILES string of the molecule is COC(=O)/C=C1\[C@@H](C)C(C)(C)C1(C)C. The van der Waals surface area contributed by atoms with Crippen LogP contribution in [0.1, 0.15) is 34.6 Å². The van der Waals surface area contributed by atoms with Gasteiger partial charge in [-0.15, -0.1) is 0 Å². The van der Waals surface area contributed by atoms with Crippen molar-refractivity contribution in [2.75, 3.05) is 7.11 Å². The maximum absolute atomic E-state index is 11.2. The van der Waals surface area contributed by atoms with Gasteiger partial charge < -0.3 is 4.74 Å². The van der Waals surface area contributed by atoms with Crippen molar-refractivity contribution < 1.29 is 9.53 Å². The molecule has 1 atom stereocenters. The fraction of sp³-hybridized carbons (Fsp3) is 0.750. The van der Waals surface area contributed by atoms with Gasteiger partial charge in [0.1, 0.15) is 0 Å². The molecule has 0 heterocycles. The van der Waals surface area contributed by atoms with Crippen LogP contribution in [-0.4, -0.2) is 13.1 Å². The Bertz CT molecular complexity index is 285. The zero-order valence-electron chi connectivity index (χ0n) is 9.97. The molecule has 2 heteroatoms. The number of rotatable bonds is 1. The summed E-state index contributed by atoms with van der Waals surface area (Å²) in [6.45, 7) is 11.0. The first kappa shape index (κ1) is 11.3. The van der Waals surface area contributed by atoms with Crippen LogP contribution >= 0.6 is 0 Å². The average Bonchev–Trinajstić information content (AvgIpc) is 2.12. The Kier molecular flexibility index (Phi) is 2.51. The third kappa shape index (κ3) is 1.28. The van der Waals surface area contributed by atoms with Gasteiger partial charge in [-0.05, 0) is 16.7 Å². The van der Waals surface area contributed by atoms with Gasteiger partial charge in [0.05, 0.1) is 7.11 Å². The van der Waals surface area contributed by atoms with Crippen LogP contribution in [0.2, 0.25) is 0 Å². The standard InChI is InChI=1S/C12H20O2/c1-8-9(7-10(13)14-6)12(4,5)11(8,2)3/h7-8H,1-6H3/b9-7+/t8-/m1/s1. The minimum Gasteiger partial charge on any atom is -0.466 e. The van der Waals surface area contributed by atoms with Crippen molar-refractivity contribution in [3.63, 3.8) is 0 Å². The van der Waals surface area contributed by atoms with E-state index in [1.165, 1.54) is 12.7 Å². The second-order valence-corrected chi connectivity index (χ2v) is 5.19. The summed E-state index contributed by atoms with van der Waals surface area (Å²) in [6.07, 6.45) is 1.65. The summed E-state index contributed by atoms with van der Waals surface area (Å²) in [6, 6.07) is 0. The van der Waals surface area contributed by atoms with Crippen LogP contribution < -0.4 is 0 Å². The smallest absolute Gasteiger partial charge is 0.330 e. The molecule has 0 amide bonds. The van der Waals surface area contributed by atoms with Crippen molar-refractivity contribution in [1.29, 1.82) is 0 Å². The normalized spacial score (nSPS) is 31.0. The first-order valence-electron chi connectivity index (χ1n) is 5.05. The van der Waals surface area contributed by atoms with Crippen molar-refractivity contribution in [2.24, 2.45) is 16.7 Å². The zero-order valence-corrected chi connectivity index (χ0v) is 9.97. The second kappa shape index (κ2) is 3.11. The number of allylic oxidation sites excluding steroid dienone is 1. The number of methoxy groups -OCH3 is 1. The molecule has 1 aliphatic rings. The summed E-state index contributed by atoms with van der Waals surface area (Å²) in [7, 11) is 1.42. The van der Waals surface area contributed by atoms with E-state index in [1.54, 1.807) is 6.08 Å². The van der Waals surface area contributed by atoms with Crippen LogP contribution in [0.3, 0.4) is 0 Å². The number of ether oxygens (including phenoxy) is 1. The zero-order chi connectivity index (χ0) is 11.1. The van der Waals surface area contributed by atoms with Crippen LogP contribution in [0, 0.1) is 16.7 Å². The summed E-state index contributed by atoms with van der Waals surface area (Å²) in [5.74, 6) is 0.215. The topological polar surface area (TPSA) is 26.3 Å². The molecule has 0 saturated heterocycles. The molecule has 1 saturated carbocycles. The molecule has 0 aromatic rings. The van der Waals surface area contributed by atoms with E-state index in [0.717, 1.165) is 0 Å². The van der Waals surface area contributed by atoms with E-state index >= 15 is 0 Å². The van der Waals surface area contributed by atoms with E-state index in [9.17, 15) is 4.79 Å². The van der Waals surface area contributed by atoms with Crippen molar-refractivity contribution in [1.82, 2.24) is 0 Å². The molecule has 2 nitrogen and oxygen atoms in total. The number of hydrogen-bond acceptors (Lipinski definition) is 2. The molecular formula is C12H20O2. The minimum absolute atomic E-state index is 0.0978. The molecule has 0 aromatic carbocycles. The molecule has 80 valence electrons. The Morgan fingerprint density at radius 1 is 1.36 bits per heavy atom. The van der Waals surface area contributed by atoms with Crippen molar-refractivity contribution in [3.05, 3.63) is 11.6 Å². The maximum Gasteiger partial charge on any atom is 0.330 e. The summed E-state index contributed by atoms with van der Waals surface area (Å²) >= 11 is 0. The van der Waals surface area contributed by atoms with Crippen LogP contribution in [0.15, 0.2) is 11.6 Å². The van der Waals surface area contributed by atoms with Crippen molar-refractivity contribution in [3.8, 4) is 0 Å². The molecule has 1 rings (SSSR count). The average molecular weight is 196 g/mol. The highest BCUT2D eigenvalue weighted by Crippen LogP contribution is 2.63. The van der Waals surface area contributed by atoms with Crippen LogP contribution in [0.4, 0.5) is 0 Å². The fourth-order valence-corrected chi connectivity index (χ4v) is 2.26. The Labute approximate surface area is 86.3 Å². The summed E-state index contributed by atoms with van der Waals surface area (Å²) in [4.78, 5) is 11.2. The van der Waals surface area contributed by atoms with E-state index < -0.39 is 0 Å². The minimum atomic E-state index is -0.240. The predicted octanol–water partition coefficient (Wildman–Crippen LogP) is 2.79. The van der Waals surface area contributed by atoms with Gasteiger partial charge in [0.2, 0.25) is 0 Å². The Hall–Kier alpha value is -0.790. The number of carbonyl (C=O) groups is 1. The predicted molar refractivity (Wildman–Crippen MR) is 56.8 cm³/mol. The molecule has 0 spiro atoms. The third-order valence-electron chi connectivity index (χ3n) is 4.36. The van der Waals surface area contributed by atoms with E-state index in [0.29, 0.717) is 5.92 Å². The van der Waals surface area contributed by atoms with Gasteiger partial charge >= 0.3 is 5.97 Å². The lowest BCUT2D eigenvalue weighted by atomic mass is 9.44. The van der Waals surface area contributed by atoms with E-state index in [4.69, 9.17) is 0 Å². The number of carbonyl (C=O) groups excluding carboxylic acids is 1. The molecule has 0 N–H and O–H groups in total. The second-order valence-electron chi connectivity index (χ2n) is 5.19. The lowest BCUT2D eigenvalue weighted by molar-refractivity contribution is -0.135. The van der Waals surface area contributed by atoms with E-state index in [-0.39, 0.29) is 16.8 Å². The highest BCUT2D eigenvalue weighted by atomic mass is 16.5. The van der Waals surface area contributed by atoms with Gasteiger partial charge in [-0.2, -0.15) is 0 Å². The van der Waals surface area contributed by atoms with Crippen molar-refractivity contribution in [2.45, 2.75) is 34.6 Å². The maximum atomic E-state index is 11.2. The quantitative estimate of drug-likeness (QED) is 0.476. The highest BCUT2D eigenvalue weighted by molar-refractivity contribution is 5.83. The number of esters is 1. The Morgan fingerprint density at radius 2 is 1.86 bits per heavy atom. The molecule has 14 heavy (non-hydrogen) atoms. The van der Waals surface area contributed by atoms with Crippen molar-refractivity contribution >= 4 is 5.97 Å². The lowest BCUT2D eigenvalue weighted by Gasteiger charge is -2.60. The van der Waals surface area contributed by atoms with Gasteiger partial charge in [0, 0.05) is 6.08 Å². The summed E-state index contributed by atoms with van der Waals surface area (Å²) < 4.78 is 4.65. The summed E-state index contributed by atoms with van der Waals surface area (Å²) in [5.41, 5.74) is 1.56. The van der Waals surface area contributed by atoms with Crippen LogP contribution in [-0.2, 0) is 9.53 Å². The molecular weight excluding hydrogens is 176 g/mol. The highest BCUT2D eigenvalue weighted by Gasteiger charge is 2.55. The van der Waals surface area contributed by atoms with Gasteiger partial charge in [0.15, 0.2) is 0 Å². The Morgan fingerprint density at radius 3 is 2.21 bits per heavy atom. The monoisotopic (exact) mass is 196 g/mol. The number of hydrogen-bond donors (Lipinski definition) is 0. The first-order chi connectivity index (χ1) is 6.25. The molecule has 0 aromatic heterocycles. The molecule has 0 aliphatic heterocycles. The summed E-state index contributed by atoms with van der Waals surface area (Å²) in [5, 5.41) is 0. The van der Waals surface area contributed by atoms with Gasteiger partial charge in [-0.1, -0.05) is 40.2 Å².